The Bertz CT molecular complexity index is 425. The molecule has 0 saturated carbocycles. The normalized spacial score (nSPS) is 19.1. The fourth-order valence-corrected chi connectivity index (χ4v) is 2.49. The number of aliphatic hydroxyl groups excluding tert-OH is 1. The number of likely N-dealkylation sites (tertiary alicyclic amines) is 1. The number of aliphatic hydroxyl groups is 1. The molecule has 0 aromatic heterocycles. The van der Waals surface area contributed by atoms with Crippen LogP contribution in [-0.4, -0.2) is 41.7 Å². The highest BCUT2D eigenvalue weighted by Crippen LogP contribution is 2.15. The Morgan fingerprint density at radius 3 is 2.65 bits per heavy atom. The zero-order chi connectivity index (χ0) is 14.4. The summed E-state index contributed by atoms with van der Waals surface area (Å²) >= 11 is 0. The quantitative estimate of drug-likeness (QED) is 0.648. The maximum absolute atomic E-state index is 10.0. The number of piperidine rings is 1. The predicted molar refractivity (Wildman–Crippen MR) is 82.6 cm³/mol. The smallest absolute Gasteiger partial charge is 0.191 e. The summed E-state index contributed by atoms with van der Waals surface area (Å²) in [4.78, 5) is 6.46. The van der Waals surface area contributed by atoms with Gasteiger partial charge in [0.1, 0.15) is 0 Å². The summed E-state index contributed by atoms with van der Waals surface area (Å²) in [5, 5.41) is 10.0. The molecule has 110 valence electrons. The molecule has 4 nitrogen and oxygen atoms in total. The van der Waals surface area contributed by atoms with Crippen LogP contribution in [-0.2, 0) is 6.42 Å². The summed E-state index contributed by atoms with van der Waals surface area (Å²) in [5.41, 5.74) is 7.13. The van der Waals surface area contributed by atoms with Crippen LogP contribution in [0, 0.1) is 5.92 Å². The number of guanidine groups is 1. The van der Waals surface area contributed by atoms with Crippen LogP contribution in [0.15, 0.2) is 35.3 Å². The van der Waals surface area contributed by atoms with E-state index in [2.05, 4.69) is 16.8 Å². The topological polar surface area (TPSA) is 61.8 Å². The van der Waals surface area contributed by atoms with Crippen molar-refractivity contribution >= 4 is 5.96 Å². The van der Waals surface area contributed by atoms with Gasteiger partial charge in [-0.05, 0) is 24.3 Å². The summed E-state index contributed by atoms with van der Waals surface area (Å²) in [7, 11) is 0. The van der Waals surface area contributed by atoms with Crippen LogP contribution >= 0.6 is 0 Å². The molecule has 20 heavy (non-hydrogen) atoms. The highest BCUT2D eigenvalue weighted by Gasteiger charge is 2.17. The van der Waals surface area contributed by atoms with Gasteiger partial charge in [0, 0.05) is 19.5 Å². The van der Waals surface area contributed by atoms with Gasteiger partial charge in [-0.3, -0.25) is 4.99 Å². The van der Waals surface area contributed by atoms with E-state index in [1.807, 2.05) is 30.3 Å². The molecule has 0 bridgehead atoms. The van der Waals surface area contributed by atoms with E-state index in [4.69, 9.17) is 5.73 Å². The van der Waals surface area contributed by atoms with Crippen molar-refractivity contribution in [2.75, 3.05) is 19.6 Å². The highest BCUT2D eigenvalue weighted by atomic mass is 16.3. The monoisotopic (exact) mass is 275 g/mol. The van der Waals surface area contributed by atoms with E-state index < -0.39 is 6.10 Å². The van der Waals surface area contributed by atoms with Gasteiger partial charge in [-0.1, -0.05) is 37.3 Å². The Hall–Kier alpha value is -1.55. The molecular formula is C16H25N3O. The van der Waals surface area contributed by atoms with Gasteiger partial charge in [0.15, 0.2) is 5.96 Å². The largest absolute Gasteiger partial charge is 0.391 e. The van der Waals surface area contributed by atoms with Gasteiger partial charge in [0.05, 0.1) is 12.6 Å². The minimum Gasteiger partial charge on any atom is -0.391 e. The lowest BCUT2D eigenvalue weighted by Crippen LogP contribution is -2.42. The van der Waals surface area contributed by atoms with E-state index in [0.29, 0.717) is 18.9 Å². The lowest BCUT2D eigenvalue weighted by atomic mass is 10.00. The number of hydrogen-bond acceptors (Lipinski definition) is 2. The van der Waals surface area contributed by atoms with E-state index >= 15 is 0 Å². The van der Waals surface area contributed by atoms with Crippen LogP contribution in [0.1, 0.15) is 25.3 Å². The molecule has 4 heteroatoms. The minimum absolute atomic E-state index is 0.368. The standard InChI is InChI=1S/C16H25N3O/c1-13-7-9-19(10-8-13)16(17)18-12-15(20)11-14-5-3-2-4-6-14/h2-6,13,15,20H,7-12H2,1H3,(H2,17,18). The van der Waals surface area contributed by atoms with Gasteiger partial charge in [-0.2, -0.15) is 0 Å². The predicted octanol–water partition coefficient (Wildman–Crippen LogP) is 1.64. The van der Waals surface area contributed by atoms with Crippen LogP contribution in [0.2, 0.25) is 0 Å². The summed E-state index contributed by atoms with van der Waals surface area (Å²) < 4.78 is 0. The molecular weight excluding hydrogens is 250 g/mol. The maximum atomic E-state index is 10.0. The molecule has 0 spiro atoms. The Morgan fingerprint density at radius 2 is 2.00 bits per heavy atom. The fourth-order valence-electron chi connectivity index (χ4n) is 2.49. The molecule has 3 N–H and O–H groups in total. The molecule has 1 fully saturated rings. The summed E-state index contributed by atoms with van der Waals surface area (Å²) in [6.07, 6.45) is 2.49. The Labute approximate surface area is 121 Å². The molecule has 1 heterocycles. The first kappa shape index (κ1) is 14.9. The third-order valence-corrected chi connectivity index (χ3v) is 3.89. The second-order valence-electron chi connectivity index (χ2n) is 5.71. The van der Waals surface area contributed by atoms with Gasteiger partial charge in [-0.15, -0.1) is 0 Å². The van der Waals surface area contributed by atoms with Crippen molar-refractivity contribution in [2.45, 2.75) is 32.3 Å². The lowest BCUT2D eigenvalue weighted by Gasteiger charge is -2.31. The van der Waals surface area contributed by atoms with Gasteiger partial charge >= 0.3 is 0 Å². The first-order valence-electron chi connectivity index (χ1n) is 7.42. The molecule has 1 unspecified atom stereocenters. The van der Waals surface area contributed by atoms with Crippen LogP contribution in [0.25, 0.3) is 0 Å². The zero-order valence-corrected chi connectivity index (χ0v) is 12.2. The third kappa shape index (κ3) is 4.53. The van der Waals surface area contributed by atoms with E-state index in [1.54, 1.807) is 0 Å². The van der Waals surface area contributed by atoms with Gasteiger partial charge in [-0.25, -0.2) is 0 Å². The molecule has 0 radical (unpaired) electrons. The molecule has 1 atom stereocenters. The third-order valence-electron chi connectivity index (χ3n) is 3.89. The van der Waals surface area contributed by atoms with Crippen LogP contribution < -0.4 is 5.73 Å². The molecule has 1 aromatic carbocycles. The Morgan fingerprint density at radius 1 is 1.35 bits per heavy atom. The van der Waals surface area contributed by atoms with Crippen molar-refractivity contribution in [1.29, 1.82) is 0 Å². The number of hydrogen-bond donors (Lipinski definition) is 2. The average molecular weight is 275 g/mol. The van der Waals surface area contributed by atoms with Crippen molar-refractivity contribution in [1.82, 2.24) is 4.90 Å². The Kier molecular flexibility index (Phi) is 5.41. The highest BCUT2D eigenvalue weighted by molar-refractivity contribution is 5.78. The summed E-state index contributed by atoms with van der Waals surface area (Å²) in [5.74, 6) is 1.35. The summed E-state index contributed by atoms with van der Waals surface area (Å²) in [6.45, 7) is 4.59. The minimum atomic E-state index is -0.473. The lowest BCUT2D eigenvalue weighted by molar-refractivity contribution is 0.183. The van der Waals surface area contributed by atoms with E-state index in [1.165, 1.54) is 12.8 Å². The zero-order valence-electron chi connectivity index (χ0n) is 12.2. The number of rotatable bonds is 4. The van der Waals surface area contributed by atoms with Crippen LogP contribution in [0.3, 0.4) is 0 Å². The van der Waals surface area contributed by atoms with E-state index in [0.717, 1.165) is 24.6 Å². The number of nitrogens with zero attached hydrogens (tertiary/aromatic N) is 2. The van der Waals surface area contributed by atoms with Crippen molar-refractivity contribution in [3.63, 3.8) is 0 Å². The van der Waals surface area contributed by atoms with E-state index in [-0.39, 0.29) is 0 Å². The maximum Gasteiger partial charge on any atom is 0.191 e. The molecule has 1 aliphatic heterocycles. The van der Waals surface area contributed by atoms with Crippen molar-refractivity contribution in [3.8, 4) is 0 Å². The number of nitrogens with two attached hydrogens (primary N) is 1. The van der Waals surface area contributed by atoms with Gasteiger partial charge < -0.3 is 15.7 Å². The SMILES string of the molecule is CC1CCN(C(N)=NCC(O)Cc2ccccc2)CC1. The number of benzene rings is 1. The van der Waals surface area contributed by atoms with Gasteiger partial charge in [0.2, 0.25) is 0 Å². The molecule has 0 amide bonds. The molecule has 1 aromatic rings. The number of aliphatic imine (C=N–C) groups is 1. The molecule has 2 rings (SSSR count). The summed E-state index contributed by atoms with van der Waals surface area (Å²) in [6, 6.07) is 9.97. The van der Waals surface area contributed by atoms with Crippen LogP contribution in [0.5, 0.6) is 0 Å². The second-order valence-corrected chi connectivity index (χ2v) is 5.71. The first-order valence-corrected chi connectivity index (χ1v) is 7.42. The fraction of sp³-hybridized carbons (Fsp3) is 0.562. The van der Waals surface area contributed by atoms with Gasteiger partial charge in [0.25, 0.3) is 0 Å². The average Bonchev–Trinajstić information content (AvgIpc) is 2.46. The molecule has 0 aliphatic carbocycles. The molecule has 1 saturated heterocycles. The second kappa shape index (κ2) is 7.29. The first-order chi connectivity index (χ1) is 9.65. The van der Waals surface area contributed by atoms with Crippen molar-refractivity contribution < 1.29 is 5.11 Å². The molecule has 1 aliphatic rings. The van der Waals surface area contributed by atoms with Crippen molar-refractivity contribution in [2.24, 2.45) is 16.6 Å². The van der Waals surface area contributed by atoms with Crippen molar-refractivity contribution in [3.05, 3.63) is 35.9 Å². The Balaban J connectivity index is 1.79. The van der Waals surface area contributed by atoms with Crippen LogP contribution in [0.4, 0.5) is 0 Å². The van der Waals surface area contributed by atoms with E-state index in [9.17, 15) is 5.11 Å².